The summed E-state index contributed by atoms with van der Waals surface area (Å²) in [6.07, 6.45) is 9.33. The Bertz CT molecular complexity index is 531. The van der Waals surface area contributed by atoms with Crippen LogP contribution in [0.2, 0.25) is 0 Å². The third-order valence-electron chi connectivity index (χ3n) is 6.80. The smallest absolute Gasteiger partial charge is 0.118 e. The van der Waals surface area contributed by atoms with Crippen molar-refractivity contribution in [2.45, 2.75) is 63.5 Å². The van der Waals surface area contributed by atoms with E-state index in [0.29, 0.717) is 0 Å². The van der Waals surface area contributed by atoms with Crippen LogP contribution in [-0.4, -0.2) is 50.1 Å². The molecule has 1 aromatic carbocycles. The molecule has 0 amide bonds. The Hall–Kier alpha value is -1.06. The number of hydrogen-bond acceptors (Lipinski definition) is 3. The third-order valence-corrected chi connectivity index (χ3v) is 6.80. The molecule has 1 saturated carbocycles. The number of hydrogen-bond donors (Lipinski definition) is 0. The minimum atomic E-state index is 0.186. The molecule has 3 nitrogen and oxygen atoms in total. The number of nitrogens with zero attached hydrogens (tertiary/aromatic N) is 2. The third kappa shape index (κ3) is 3.88. The second kappa shape index (κ2) is 8.09. The highest BCUT2D eigenvalue weighted by molar-refractivity contribution is 5.32. The molecule has 2 fully saturated rings. The van der Waals surface area contributed by atoms with Crippen LogP contribution >= 0.6 is 0 Å². The molecule has 0 radical (unpaired) electrons. The Morgan fingerprint density at radius 1 is 1.12 bits per heavy atom. The predicted molar refractivity (Wildman–Crippen MR) is 105 cm³/mol. The second-order valence-corrected chi connectivity index (χ2v) is 8.32. The first-order valence-electron chi connectivity index (χ1n) is 10.1. The van der Waals surface area contributed by atoms with Gasteiger partial charge in [-0.05, 0) is 82.8 Å². The zero-order valence-corrected chi connectivity index (χ0v) is 16.6. The standard InChI is InChI=1S/C22H36N2O/c1-5-6-18-13-16-24(17-18)20-11-14-22(15-12-20,23(2)3)19-7-9-21(25-4)10-8-19/h7-10,18,20H,5-6,11-17H2,1-4H3. The lowest BCUT2D eigenvalue weighted by atomic mass is 9.73. The molecular weight excluding hydrogens is 308 g/mol. The minimum absolute atomic E-state index is 0.186. The highest BCUT2D eigenvalue weighted by atomic mass is 16.5. The molecular formula is C22H36N2O. The Morgan fingerprint density at radius 3 is 2.36 bits per heavy atom. The zero-order valence-electron chi connectivity index (χ0n) is 16.6. The van der Waals surface area contributed by atoms with Crippen LogP contribution in [0.25, 0.3) is 0 Å². The van der Waals surface area contributed by atoms with Gasteiger partial charge in [0.25, 0.3) is 0 Å². The summed E-state index contributed by atoms with van der Waals surface area (Å²) in [5.41, 5.74) is 1.63. The quantitative estimate of drug-likeness (QED) is 0.755. The summed E-state index contributed by atoms with van der Waals surface area (Å²) in [6.45, 7) is 4.99. The van der Waals surface area contributed by atoms with Gasteiger partial charge in [-0.1, -0.05) is 25.5 Å². The van der Waals surface area contributed by atoms with Gasteiger partial charge in [0.05, 0.1) is 7.11 Å². The molecule has 2 aliphatic rings. The molecule has 1 atom stereocenters. The van der Waals surface area contributed by atoms with Crippen molar-refractivity contribution in [2.24, 2.45) is 5.92 Å². The van der Waals surface area contributed by atoms with E-state index in [-0.39, 0.29) is 5.54 Å². The van der Waals surface area contributed by atoms with E-state index in [1.807, 2.05) is 0 Å². The Kier molecular flexibility index (Phi) is 6.06. The summed E-state index contributed by atoms with van der Waals surface area (Å²) in [7, 11) is 6.24. The molecule has 1 unspecified atom stereocenters. The maximum absolute atomic E-state index is 5.34. The van der Waals surface area contributed by atoms with E-state index in [4.69, 9.17) is 4.74 Å². The van der Waals surface area contributed by atoms with Gasteiger partial charge >= 0.3 is 0 Å². The van der Waals surface area contributed by atoms with Crippen molar-refractivity contribution in [1.29, 1.82) is 0 Å². The van der Waals surface area contributed by atoms with Crippen molar-refractivity contribution >= 4 is 0 Å². The fourth-order valence-corrected chi connectivity index (χ4v) is 5.18. The lowest BCUT2D eigenvalue weighted by molar-refractivity contribution is 0.0555. The zero-order chi connectivity index (χ0) is 17.9. The highest BCUT2D eigenvalue weighted by Gasteiger charge is 2.41. The number of ether oxygens (including phenoxy) is 1. The first-order valence-corrected chi connectivity index (χ1v) is 10.1. The molecule has 140 valence electrons. The van der Waals surface area contributed by atoms with E-state index in [2.05, 4.69) is 55.1 Å². The van der Waals surface area contributed by atoms with Gasteiger partial charge in [-0.25, -0.2) is 0 Å². The molecule has 1 aliphatic heterocycles. The average Bonchev–Trinajstić information content (AvgIpc) is 3.10. The van der Waals surface area contributed by atoms with E-state index in [1.165, 1.54) is 63.6 Å². The molecule has 1 heterocycles. The van der Waals surface area contributed by atoms with Gasteiger partial charge in [0, 0.05) is 18.1 Å². The van der Waals surface area contributed by atoms with Crippen LogP contribution in [0.5, 0.6) is 5.75 Å². The summed E-state index contributed by atoms with van der Waals surface area (Å²) in [5, 5.41) is 0. The molecule has 3 heteroatoms. The van der Waals surface area contributed by atoms with Gasteiger partial charge in [-0.15, -0.1) is 0 Å². The van der Waals surface area contributed by atoms with E-state index < -0.39 is 0 Å². The lowest BCUT2D eigenvalue weighted by Crippen LogP contribution is -2.48. The summed E-state index contributed by atoms with van der Waals surface area (Å²) in [6, 6.07) is 9.57. The second-order valence-electron chi connectivity index (χ2n) is 8.32. The number of likely N-dealkylation sites (tertiary alicyclic amines) is 1. The largest absolute Gasteiger partial charge is 0.497 e. The molecule has 3 rings (SSSR count). The van der Waals surface area contributed by atoms with Gasteiger partial charge in [0.15, 0.2) is 0 Å². The molecule has 0 spiro atoms. The molecule has 0 bridgehead atoms. The van der Waals surface area contributed by atoms with Gasteiger partial charge in [0.2, 0.25) is 0 Å². The number of methoxy groups -OCH3 is 1. The SMILES string of the molecule is CCCC1CCN(C2CCC(c3ccc(OC)cc3)(N(C)C)CC2)C1. The maximum Gasteiger partial charge on any atom is 0.118 e. The Balaban J connectivity index is 1.66. The van der Waals surface area contributed by atoms with Crippen LogP contribution in [0.4, 0.5) is 0 Å². The van der Waals surface area contributed by atoms with Crippen molar-refractivity contribution in [3.63, 3.8) is 0 Å². The van der Waals surface area contributed by atoms with E-state index >= 15 is 0 Å². The van der Waals surface area contributed by atoms with Crippen molar-refractivity contribution in [3.8, 4) is 5.75 Å². The van der Waals surface area contributed by atoms with Crippen LogP contribution in [-0.2, 0) is 5.54 Å². The summed E-state index contributed by atoms with van der Waals surface area (Å²) < 4.78 is 5.34. The van der Waals surface area contributed by atoms with Gasteiger partial charge in [-0.2, -0.15) is 0 Å². The topological polar surface area (TPSA) is 15.7 Å². The van der Waals surface area contributed by atoms with Crippen LogP contribution in [0.1, 0.15) is 57.4 Å². The van der Waals surface area contributed by atoms with E-state index in [1.54, 1.807) is 7.11 Å². The Morgan fingerprint density at radius 2 is 1.80 bits per heavy atom. The van der Waals surface area contributed by atoms with Crippen molar-refractivity contribution in [1.82, 2.24) is 9.80 Å². The summed E-state index contributed by atoms with van der Waals surface area (Å²) in [4.78, 5) is 5.25. The van der Waals surface area contributed by atoms with Crippen LogP contribution in [0.15, 0.2) is 24.3 Å². The molecule has 0 aromatic heterocycles. The van der Waals surface area contributed by atoms with Crippen LogP contribution in [0, 0.1) is 5.92 Å². The first kappa shape index (κ1) is 18.7. The molecule has 0 N–H and O–H groups in total. The lowest BCUT2D eigenvalue weighted by Gasteiger charge is -2.47. The fraction of sp³-hybridized carbons (Fsp3) is 0.727. The predicted octanol–water partition coefficient (Wildman–Crippen LogP) is 4.52. The van der Waals surface area contributed by atoms with Gasteiger partial charge in [0.1, 0.15) is 5.75 Å². The van der Waals surface area contributed by atoms with Crippen LogP contribution in [0.3, 0.4) is 0 Å². The summed E-state index contributed by atoms with van der Waals surface area (Å²) in [5.74, 6) is 1.90. The normalized spacial score (nSPS) is 30.8. The minimum Gasteiger partial charge on any atom is -0.497 e. The van der Waals surface area contributed by atoms with E-state index in [9.17, 15) is 0 Å². The average molecular weight is 345 g/mol. The number of benzene rings is 1. The first-order chi connectivity index (χ1) is 12.1. The van der Waals surface area contributed by atoms with E-state index in [0.717, 1.165) is 17.7 Å². The molecule has 1 aliphatic carbocycles. The maximum atomic E-state index is 5.34. The van der Waals surface area contributed by atoms with Crippen LogP contribution < -0.4 is 4.74 Å². The van der Waals surface area contributed by atoms with Crippen molar-refractivity contribution in [3.05, 3.63) is 29.8 Å². The Labute approximate surface area is 154 Å². The molecule has 1 saturated heterocycles. The monoisotopic (exact) mass is 344 g/mol. The van der Waals surface area contributed by atoms with Crippen molar-refractivity contribution < 1.29 is 4.74 Å². The molecule has 25 heavy (non-hydrogen) atoms. The highest BCUT2D eigenvalue weighted by Crippen LogP contribution is 2.43. The fourth-order valence-electron chi connectivity index (χ4n) is 5.18. The van der Waals surface area contributed by atoms with Gasteiger partial charge < -0.3 is 9.64 Å². The van der Waals surface area contributed by atoms with Gasteiger partial charge in [-0.3, -0.25) is 4.90 Å². The summed E-state index contributed by atoms with van der Waals surface area (Å²) >= 11 is 0. The molecule has 1 aromatic rings. The van der Waals surface area contributed by atoms with Crippen molar-refractivity contribution in [2.75, 3.05) is 34.3 Å². The number of rotatable bonds is 6.